The molecule has 0 spiro atoms. The number of rotatable bonds is 17. The highest BCUT2D eigenvalue weighted by molar-refractivity contribution is 5.73. The van der Waals surface area contributed by atoms with Crippen LogP contribution in [0.3, 0.4) is 0 Å². The predicted octanol–water partition coefficient (Wildman–Crippen LogP) is 6.56. The summed E-state index contributed by atoms with van der Waals surface area (Å²) in [7, 11) is 0. The van der Waals surface area contributed by atoms with E-state index in [0.717, 1.165) is 25.7 Å². The third kappa shape index (κ3) is 12.4. The average Bonchev–Trinajstić information content (AvgIpc) is 2.71. The number of ether oxygens (including phenoxy) is 2. The first-order valence-electron chi connectivity index (χ1n) is 11.7. The van der Waals surface area contributed by atoms with Gasteiger partial charge in [-0.2, -0.15) is 0 Å². The van der Waals surface area contributed by atoms with E-state index in [1.165, 1.54) is 25.7 Å². The van der Waals surface area contributed by atoms with Gasteiger partial charge in [0.05, 0.1) is 25.0 Å². The van der Waals surface area contributed by atoms with Crippen LogP contribution in [0.1, 0.15) is 106 Å². The minimum absolute atomic E-state index is 0.138. The highest BCUT2D eigenvalue weighted by atomic mass is 16.5. The van der Waals surface area contributed by atoms with Crippen molar-refractivity contribution in [3.05, 3.63) is 0 Å². The van der Waals surface area contributed by atoms with E-state index in [-0.39, 0.29) is 23.8 Å². The van der Waals surface area contributed by atoms with Gasteiger partial charge in [0.15, 0.2) is 0 Å². The first-order valence-corrected chi connectivity index (χ1v) is 11.7. The molecule has 4 atom stereocenters. The molecule has 4 heteroatoms. The fraction of sp³-hybridized carbons (Fsp3) is 0.917. The zero-order valence-corrected chi connectivity index (χ0v) is 19.4. The van der Waals surface area contributed by atoms with Gasteiger partial charge in [0.2, 0.25) is 0 Å². The van der Waals surface area contributed by atoms with Gasteiger partial charge >= 0.3 is 11.9 Å². The van der Waals surface area contributed by atoms with Gasteiger partial charge in [0, 0.05) is 0 Å². The van der Waals surface area contributed by atoms with E-state index in [1.807, 2.05) is 13.8 Å². The summed E-state index contributed by atoms with van der Waals surface area (Å²) in [5.74, 6) is 0.300. The van der Waals surface area contributed by atoms with Crippen molar-refractivity contribution >= 4 is 11.9 Å². The molecule has 0 aromatic rings. The molecule has 0 aliphatic carbocycles. The number of carbonyl (C=O) groups excluding carboxylic acids is 2. The SMILES string of the molecule is CCCCC(CC)COC(=O)C(C)CCC(C)C(=O)OCC(CC)CCCC. The molecular formula is C24H46O4. The molecule has 166 valence electrons. The van der Waals surface area contributed by atoms with Crippen LogP contribution in [0.25, 0.3) is 0 Å². The molecule has 0 aromatic carbocycles. The highest BCUT2D eigenvalue weighted by Gasteiger charge is 2.21. The van der Waals surface area contributed by atoms with Crippen LogP contribution in [-0.4, -0.2) is 25.2 Å². The molecule has 4 nitrogen and oxygen atoms in total. The summed E-state index contributed by atoms with van der Waals surface area (Å²) >= 11 is 0. The minimum atomic E-state index is -0.174. The van der Waals surface area contributed by atoms with Crippen molar-refractivity contribution < 1.29 is 19.1 Å². The summed E-state index contributed by atoms with van der Waals surface area (Å²) in [5.41, 5.74) is 0. The fourth-order valence-corrected chi connectivity index (χ4v) is 3.22. The molecule has 0 bridgehead atoms. The van der Waals surface area contributed by atoms with Gasteiger partial charge in [-0.05, 0) is 37.5 Å². The monoisotopic (exact) mass is 398 g/mol. The number of esters is 2. The molecule has 0 saturated carbocycles. The summed E-state index contributed by atoms with van der Waals surface area (Å²) in [4.78, 5) is 24.5. The Kier molecular flexibility index (Phi) is 16.2. The topological polar surface area (TPSA) is 52.6 Å². The molecule has 0 fully saturated rings. The van der Waals surface area contributed by atoms with Gasteiger partial charge in [-0.25, -0.2) is 0 Å². The summed E-state index contributed by atoms with van der Waals surface area (Å²) in [6, 6.07) is 0. The van der Waals surface area contributed by atoms with Crippen LogP contribution in [0, 0.1) is 23.7 Å². The molecule has 0 aliphatic heterocycles. The lowest BCUT2D eigenvalue weighted by Gasteiger charge is -2.19. The Morgan fingerprint density at radius 1 is 0.643 bits per heavy atom. The zero-order chi connectivity index (χ0) is 21.4. The van der Waals surface area contributed by atoms with Crippen LogP contribution in [-0.2, 0) is 19.1 Å². The fourth-order valence-electron chi connectivity index (χ4n) is 3.22. The molecule has 0 rings (SSSR count). The second-order valence-electron chi connectivity index (χ2n) is 8.47. The van der Waals surface area contributed by atoms with Gasteiger partial charge < -0.3 is 9.47 Å². The van der Waals surface area contributed by atoms with E-state index in [1.54, 1.807) is 0 Å². The molecule has 0 amide bonds. The Balaban J connectivity index is 4.14. The quantitative estimate of drug-likeness (QED) is 0.260. The summed E-state index contributed by atoms with van der Waals surface area (Å²) in [6.45, 7) is 13.5. The van der Waals surface area contributed by atoms with Gasteiger partial charge in [0.25, 0.3) is 0 Å². The van der Waals surface area contributed by atoms with Crippen molar-refractivity contribution in [3.63, 3.8) is 0 Å². The van der Waals surface area contributed by atoms with Crippen LogP contribution < -0.4 is 0 Å². The second kappa shape index (κ2) is 16.9. The molecular weight excluding hydrogens is 352 g/mol. The zero-order valence-electron chi connectivity index (χ0n) is 19.4. The highest BCUT2D eigenvalue weighted by Crippen LogP contribution is 2.19. The Labute approximate surface area is 174 Å². The van der Waals surface area contributed by atoms with Crippen LogP contribution in [0.15, 0.2) is 0 Å². The first kappa shape index (κ1) is 26.9. The Bertz CT molecular complexity index is 369. The molecule has 28 heavy (non-hydrogen) atoms. The lowest BCUT2D eigenvalue weighted by molar-refractivity contribution is -0.152. The maximum Gasteiger partial charge on any atom is 0.308 e. The van der Waals surface area contributed by atoms with Crippen molar-refractivity contribution in [3.8, 4) is 0 Å². The van der Waals surface area contributed by atoms with Crippen LogP contribution in [0.2, 0.25) is 0 Å². The van der Waals surface area contributed by atoms with Crippen molar-refractivity contribution in [1.82, 2.24) is 0 Å². The third-order valence-corrected chi connectivity index (χ3v) is 5.85. The van der Waals surface area contributed by atoms with Gasteiger partial charge in [-0.15, -0.1) is 0 Å². The Morgan fingerprint density at radius 3 is 1.29 bits per heavy atom. The van der Waals surface area contributed by atoms with E-state index in [9.17, 15) is 9.59 Å². The molecule has 0 saturated heterocycles. The predicted molar refractivity (Wildman–Crippen MR) is 116 cm³/mol. The van der Waals surface area contributed by atoms with Gasteiger partial charge in [-0.1, -0.05) is 80.1 Å². The molecule has 0 heterocycles. The van der Waals surface area contributed by atoms with E-state index < -0.39 is 0 Å². The van der Waals surface area contributed by atoms with Crippen LogP contribution in [0.4, 0.5) is 0 Å². The number of hydrogen-bond acceptors (Lipinski definition) is 4. The minimum Gasteiger partial charge on any atom is -0.465 e. The molecule has 0 radical (unpaired) electrons. The molecule has 0 aliphatic rings. The first-order chi connectivity index (χ1) is 13.4. The van der Waals surface area contributed by atoms with Crippen molar-refractivity contribution in [2.24, 2.45) is 23.7 Å². The van der Waals surface area contributed by atoms with E-state index in [2.05, 4.69) is 27.7 Å². The van der Waals surface area contributed by atoms with Crippen molar-refractivity contribution in [1.29, 1.82) is 0 Å². The Hall–Kier alpha value is -1.06. The number of carbonyl (C=O) groups is 2. The Morgan fingerprint density at radius 2 is 1.00 bits per heavy atom. The van der Waals surface area contributed by atoms with Crippen LogP contribution in [0.5, 0.6) is 0 Å². The second-order valence-corrected chi connectivity index (χ2v) is 8.47. The smallest absolute Gasteiger partial charge is 0.308 e. The van der Waals surface area contributed by atoms with E-state index in [0.29, 0.717) is 37.9 Å². The summed E-state index contributed by atoms with van der Waals surface area (Å²) in [5, 5.41) is 0. The third-order valence-electron chi connectivity index (χ3n) is 5.85. The standard InChI is InChI=1S/C24H46O4/c1-7-11-13-21(9-3)17-27-23(25)19(5)15-16-20(6)24(26)28-18-22(10-4)14-12-8-2/h19-22H,7-18H2,1-6H3. The number of hydrogen-bond donors (Lipinski definition) is 0. The van der Waals surface area contributed by atoms with Crippen LogP contribution >= 0.6 is 0 Å². The maximum atomic E-state index is 12.2. The van der Waals surface area contributed by atoms with E-state index in [4.69, 9.17) is 9.47 Å². The van der Waals surface area contributed by atoms with Gasteiger partial charge in [-0.3, -0.25) is 9.59 Å². The van der Waals surface area contributed by atoms with E-state index >= 15 is 0 Å². The molecule has 0 aromatic heterocycles. The normalized spacial score (nSPS) is 15.5. The maximum absolute atomic E-state index is 12.2. The van der Waals surface area contributed by atoms with Crippen molar-refractivity contribution in [2.75, 3.05) is 13.2 Å². The summed E-state index contributed by atoms with van der Waals surface area (Å²) < 4.78 is 11.0. The lowest BCUT2D eigenvalue weighted by atomic mass is 9.97. The molecule has 4 unspecified atom stereocenters. The lowest BCUT2D eigenvalue weighted by Crippen LogP contribution is -2.22. The molecule has 0 N–H and O–H groups in total. The largest absolute Gasteiger partial charge is 0.465 e. The summed E-state index contributed by atoms with van der Waals surface area (Å²) in [6.07, 6.45) is 10.4. The van der Waals surface area contributed by atoms with Crippen molar-refractivity contribution in [2.45, 2.75) is 106 Å². The average molecular weight is 399 g/mol. The van der Waals surface area contributed by atoms with Gasteiger partial charge in [0.1, 0.15) is 0 Å². The number of unbranched alkanes of at least 4 members (excludes halogenated alkanes) is 2.